The molecule has 0 radical (unpaired) electrons. The standard InChI is InChI=1S/C23H20FN5O3/c1-13-19(14(2)32-28-13)22(30)26-18-12-16(8-9-25-18)20-21(15-4-6-17(24)7-5-15)27-29-10-3-11-31-23(20)29/h4-9,12H,3,10-11H2,1-2H3,(H,25,26,30). The molecule has 0 bridgehead atoms. The molecule has 8 nitrogen and oxygen atoms in total. The highest BCUT2D eigenvalue weighted by atomic mass is 19.1. The van der Waals surface area contributed by atoms with Crippen LogP contribution in [-0.2, 0) is 6.54 Å². The van der Waals surface area contributed by atoms with Crippen molar-refractivity contribution in [3.8, 4) is 28.3 Å². The number of rotatable bonds is 4. The predicted molar refractivity (Wildman–Crippen MR) is 115 cm³/mol. The van der Waals surface area contributed by atoms with E-state index >= 15 is 0 Å². The van der Waals surface area contributed by atoms with Gasteiger partial charge >= 0.3 is 0 Å². The van der Waals surface area contributed by atoms with Gasteiger partial charge in [-0.1, -0.05) is 5.16 Å². The molecule has 4 aromatic rings. The number of aromatic nitrogens is 4. The first-order chi connectivity index (χ1) is 15.5. The zero-order chi connectivity index (χ0) is 22.2. The molecular weight excluding hydrogens is 413 g/mol. The SMILES string of the molecule is Cc1noc(C)c1C(=O)Nc1cc(-c2c(-c3ccc(F)cc3)nn3c2OCCC3)ccn1. The molecule has 1 N–H and O–H groups in total. The summed E-state index contributed by atoms with van der Waals surface area (Å²) in [5.74, 6) is 0.786. The van der Waals surface area contributed by atoms with Crippen molar-refractivity contribution in [2.75, 3.05) is 11.9 Å². The Bertz CT molecular complexity index is 1290. The van der Waals surface area contributed by atoms with Gasteiger partial charge in [-0.2, -0.15) is 5.10 Å². The smallest absolute Gasteiger partial charge is 0.262 e. The first-order valence-corrected chi connectivity index (χ1v) is 10.2. The third-order valence-electron chi connectivity index (χ3n) is 5.33. The summed E-state index contributed by atoms with van der Waals surface area (Å²) < 4.78 is 26.3. The van der Waals surface area contributed by atoms with E-state index in [-0.39, 0.29) is 11.7 Å². The lowest BCUT2D eigenvalue weighted by Gasteiger charge is -2.16. The molecule has 0 saturated carbocycles. The number of halogens is 1. The number of hydrogen-bond acceptors (Lipinski definition) is 6. The third kappa shape index (κ3) is 3.51. The molecule has 0 fully saturated rings. The van der Waals surface area contributed by atoms with Gasteiger partial charge < -0.3 is 14.6 Å². The number of aryl methyl sites for hydroxylation is 3. The molecule has 1 aliphatic heterocycles. The van der Waals surface area contributed by atoms with Gasteiger partial charge in [-0.3, -0.25) is 4.79 Å². The fourth-order valence-corrected chi connectivity index (χ4v) is 3.84. The van der Waals surface area contributed by atoms with Gasteiger partial charge in [-0.05, 0) is 55.8 Å². The van der Waals surface area contributed by atoms with Crippen LogP contribution in [0.5, 0.6) is 5.88 Å². The van der Waals surface area contributed by atoms with Crippen LogP contribution in [0.4, 0.5) is 10.2 Å². The average molecular weight is 433 g/mol. The largest absolute Gasteiger partial charge is 0.477 e. The van der Waals surface area contributed by atoms with E-state index < -0.39 is 0 Å². The molecule has 0 atom stereocenters. The zero-order valence-electron chi connectivity index (χ0n) is 17.6. The number of benzene rings is 1. The van der Waals surface area contributed by atoms with Crippen LogP contribution in [0.15, 0.2) is 47.1 Å². The van der Waals surface area contributed by atoms with Crippen molar-refractivity contribution >= 4 is 11.7 Å². The maximum absolute atomic E-state index is 13.5. The number of ether oxygens (including phenoxy) is 1. The second-order valence-corrected chi connectivity index (χ2v) is 7.54. The highest BCUT2D eigenvalue weighted by molar-refractivity contribution is 6.05. The highest BCUT2D eigenvalue weighted by Gasteiger charge is 2.25. The summed E-state index contributed by atoms with van der Waals surface area (Å²) in [4.78, 5) is 17.0. The number of hydrogen-bond donors (Lipinski definition) is 1. The van der Waals surface area contributed by atoms with Crippen LogP contribution in [0, 0.1) is 19.7 Å². The van der Waals surface area contributed by atoms with Crippen molar-refractivity contribution in [1.82, 2.24) is 19.9 Å². The van der Waals surface area contributed by atoms with Gasteiger partial charge in [-0.25, -0.2) is 14.1 Å². The minimum atomic E-state index is -0.349. The molecule has 9 heteroatoms. The summed E-state index contributed by atoms with van der Waals surface area (Å²) in [5.41, 5.74) is 3.88. The predicted octanol–water partition coefficient (Wildman–Crippen LogP) is 4.39. The molecule has 4 heterocycles. The van der Waals surface area contributed by atoms with Crippen molar-refractivity contribution in [3.05, 3.63) is 65.4 Å². The van der Waals surface area contributed by atoms with Gasteiger partial charge in [-0.15, -0.1) is 0 Å². The van der Waals surface area contributed by atoms with Crippen molar-refractivity contribution in [1.29, 1.82) is 0 Å². The summed E-state index contributed by atoms with van der Waals surface area (Å²) in [5, 5.41) is 11.4. The first kappa shape index (κ1) is 19.9. The lowest BCUT2D eigenvalue weighted by atomic mass is 10.0. The quantitative estimate of drug-likeness (QED) is 0.513. The second-order valence-electron chi connectivity index (χ2n) is 7.54. The second kappa shape index (κ2) is 7.92. The minimum Gasteiger partial charge on any atom is -0.477 e. The Labute approximate surface area is 183 Å². The number of pyridine rings is 1. The van der Waals surface area contributed by atoms with Gasteiger partial charge in [0.15, 0.2) is 0 Å². The van der Waals surface area contributed by atoms with Crippen LogP contribution in [-0.4, -0.2) is 32.4 Å². The minimum absolute atomic E-state index is 0.316. The van der Waals surface area contributed by atoms with Crippen molar-refractivity contribution in [2.45, 2.75) is 26.8 Å². The normalized spacial score (nSPS) is 12.8. The van der Waals surface area contributed by atoms with E-state index in [0.717, 1.165) is 29.7 Å². The molecule has 1 amide bonds. The summed E-state index contributed by atoms with van der Waals surface area (Å²) >= 11 is 0. The molecule has 1 aliphatic rings. The first-order valence-electron chi connectivity index (χ1n) is 10.2. The molecule has 0 saturated heterocycles. The fraction of sp³-hybridized carbons (Fsp3) is 0.217. The van der Waals surface area contributed by atoms with E-state index in [1.807, 2.05) is 10.7 Å². The van der Waals surface area contributed by atoms with Gasteiger partial charge in [0.2, 0.25) is 5.88 Å². The number of carbonyl (C=O) groups is 1. The number of carbonyl (C=O) groups excluding carboxylic acids is 1. The van der Waals surface area contributed by atoms with Crippen LogP contribution < -0.4 is 10.1 Å². The third-order valence-corrected chi connectivity index (χ3v) is 5.33. The Balaban J connectivity index is 1.56. The molecule has 1 aromatic carbocycles. The topological polar surface area (TPSA) is 95.1 Å². The molecule has 32 heavy (non-hydrogen) atoms. The fourth-order valence-electron chi connectivity index (χ4n) is 3.84. The van der Waals surface area contributed by atoms with Gasteiger partial charge in [0.05, 0.1) is 17.9 Å². The van der Waals surface area contributed by atoms with E-state index in [1.165, 1.54) is 12.1 Å². The molecule has 0 unspecified atom stereocenters. The Morgan fingerprint density at radius 1 is 1.16 bits per heavy atom. The summed E-state index contributed by atoms with van der Waals surface area (Å²) in [7, 11) is 0. The maximum atomic E-state index is 13.5. The van der Waals surface area contributed by atoms with Gasteiger partial charge in [0, 0.05) is 24.7 Å². The number of nitrogens with zero attached hydrogens (tertiary/aromatic N) is 4. The molecule has 3 aromatic heterocycles. The van der Waals surface area contributed by atoms with E-state index in [9.17, 15) is 9.18 Å². The van der Waals surface area contributed by atoms with Crippen LogP contribution in [0.1, 0.15) is 28.2 Å². The van der Waals surface area contributed by atoms with Crippen molar-refractivity contribution < 1.29 is 18.4 Å². The monoisotopic (exact) mass is 433 g/mol. The lowest BCUT2D eigenvalue weighted by molar-refractivity contribution is 0.102. The summed E-state index contributed by atoms with van der Waals surface area (Å²) in [6, 6.07) is 9.77. The van der Waals surface area contributed by atoms with E-state index in [0.29, 0.717) is 41.0 Å². The summed E-state index contributed by atoms with van der Waals surface area (Å²) in [6.45, 7) is 4.71. The van der Waals surface area contributed by atoms with Crippen LogP contribution >= 0.6 is 0 Å². The molecule has 0 aliphatic carbocycles. The van der Waals surface area contributed by atoms with Crippen LogP contribution in [0.3, 0.4) is 0 Å². The number of nitrogens with one attached hydrogen (secondary N) is 1. The lowest BCUT2D eigenvalue weighted by Crippen LogP contribution is -2.15. The number of anilines is 1. The van der Waals surface area contributed by atoms with E-state index in [2.05, 4.69) is 15.5 Å². The molecule has 0 spiro atoms. The summed E-state index contributed by atoms with van der Waals surface area (Å²) in [6.07, 6.45) is 2.46. The average Bonchev–Trinajstić information content (AvgIpc) is 3.34. The van der Waals surface area contributed by atoms with E-state index in [1.54, 1.807) is 38.2 Å². The van der Waals surface area contributed by atoms with Gasteiger partial charge in [0.25, 0.3) is 5.91 Å². The number of fused-ring (bicyclic) bond motifs is 1. The maximum Gasteiger partial charge on any atom is 0.262 e. The number of amides is 1. The van der Waals surface area contributed by atoms with Crippen LogP contribution in [0.25, 0.3) is 22.4 Å². The highest BCUT2D eigenvalue weighted by Crippen LogP contribution is 2.41. The Morgan fingerprint density at radius 3 is 2.72 bits per heavy atom. The molecule has 162 valence electrons. The Morgan fingerprint density at radius 2 is 1.97 bits per heavy atom. The van der Waals surface area contributed by atoms with E-state index in [4.69, 9.17) is 14.4 Å². The zero-order valence-corrected chi connectivity index (χ0v) is 17.6. The molecule has 5 rings (SSSR count). The molecular formula is C23H20FN5O3. The van der Waals surface area contributed by atoms with Gasteiger partial charge in [0.1, 0.15) is 28.7 Å². The van der Waals surface area contributed by atoms with Crippen molar-refractivity contribution in [2.24, 2.45) is 0 Å². The van der Waals surface area contributed by atoms with Crippen molar-refractivity contribution in [3.63, 3.8) is 0 Å². The Hall–Kier alpha value is -4.01. The van der Waals surface area contributed by atoms with Crippen LogP contribution in [0.2, 0.25) is 0 Å². The Kier molecular flexibility index (Phi) is 4.93.